The van der Waals surface area contributed by atoms with Crippen LogP contribution in [-0.2, 0) is 0 Å². The average Bonchev–Trinajstić information content (AvgIpc) is 2.62. The first-order valence-electron chi connectivity index (χ1n) is 9.28. The Bertz CT molecular complexity index is 762. The van der Waals surface area contributed by atoms with Crippen LogP contribution < -0.4 is 0 Å². The van der Waals surface area contributed by atoms with Crippen LogP contribution in [0.5, 0.6) is 0 Å². The summed E-state index contributed by atoms with van der Waals surface area (Å²) in [6, 6.07) is 0. The minimum atomic E-state index is -5.34. The normalized spacial score (nSPS) is 18.6. The van der Waals surface area contributed by atoms with E-state index < -0.39 is 74.6 Å². The lowest BCUT2D eigenvalue weighted by atomic mass is 10.0. The van der Waals surface area contributed by atoms with Gasteiger partial charge in [-0.05, 0) is 49.4 Å². The zero-order valence-electron chi connectivity index (χ0n) is 19.9. The van der Waals surface area contributed by atoms with Crippen molar-refractivity contribution < 1.29 is 93.6 Å². The monoisotopic (exact) mass is 889 g/mol. The number of rotatable bonds is 3. The highest BCUT2D eigenvalue weighted by Crippen LogP contribution is 2.42. The van der Waals surface area contributed by atoms with Gasteiger partial charge >= 0.3 is 37.1 Å². The second kappa shape index (κ2) is 16.0. The molecule has 0 fully saturated rings. The zero-order valence-corrected chi connectivity index (χ0v) is 24.2. The molecule has 0 aliphatic carbocycles. The number of halogens is 23. The van der Waals surface area contributed by atoms with Crippen LogP contribution in [0.3, 0.4) is 0 Å². The summed E-state index contributed by atoms with van der Waals surface area (Å²) in [6.45, 7) is 3.08. The Balaban J connectivity index is -0.000000151. The quantitative estimate of drug-likeness (QED) is 0.115. The molecule has 4 atom stereocenters. The van der Waals surface area contributed by atoms with Crippen LogP contribution >= 0.6 is 45.2 Å². The summed E-state index contributed by atoms with van der Waals surface area (Å²) >= 11 is 1.44. The van der Waals surface area contributed by atoms with Crippen LogP contribution in [0.1, 0.15) is 28.6 Å². The van der Waals surface area contributed by atoms with Gasteiger partial charge in [0.25, 0.3) is 3.68 Å². The Kier molecular flexibility index (Phi) is 18.5. The van der Waals surface area contributed by atoms with Gasteiger partial charge in [-0.2, -0.15) is 79.0 Å². The molecule has 41 heavy (non-hydrogen) atoms. The van der Waals surface area contributed by atoms with Gasteiger partial charge in [0.2, 0.25) is 11.3 Å². The van der Waals surface area contributed by atoms with E-state index in [-0.39, 0.29) is 21.4 Å². The van der Waals surface area contributed by atoms with Gasteiger partial charge in [0.15, 0.2) is 0 Å². The summed E-state index contributed by atoms with van der Waals surface area (Å²) < 4.78 is 237. The molecule has 0 aliphatic rings. The molecule has 0 nitrogen and oxygen atoms in total. The van der Waals surface area contributed by atoms with Gasteiger partial charge in [0.1, 0.15) is 3.92 Å². The smallest absolute Gasteiger partial charge is 0.234 e. The fraction of sp³-hybridized carbons (Fsp3) is 0.778. The summed E-state index contributed by atoms with van der Waals surface area (Å²) in [4.78, 5) is 0. The fourth-order valence-electron chi connectivity index (χ4n) is 0.913. The van der Waals surface area contributed by atoms with Crippen molar-refractivity contribution in [1.82, 2.24) is 0 Å². The van der Waals surface area contributed by atoms with Crippen molar-refractivity contribution in [1.29, 1.82) is 0 Å². The molecule has 252 valence electrons. The topological polar surface area (TPSA) is 0 Å². The van der Waals surface area contributed by atoms with E-state index in [0.29, 0.717) is 29.5 Å². The van der Waals surface area contributed by atoms with E-state index in [1.54, 1.807) is 0 Å². The van der Waals surface area contributed by atoms with Crippen LogP contribution in [0.2, 0.25) is 0 Å². The third-order valence-corrected chi connectivity index (χ3v) is 5.14. The van der Waals surface area contributed by atoms with Gasteiger partial charge in [-0.3, -0.25) is 0 Å². The zero-order chi connectivity index (χ0) is 34.9. The van der Waals surface area contributed by atoms with Gasteiger partial charge in [0, 0.05) is 20.0 Å². The minimum Gasteiger partial charge on any atom is -0.234 e. The largest absolute Gasteiger partial charge is 0.431 e. The van der Waals surface area contributed by atoms with Gasteiger partial charge in [-0.15, -0.1) is 0 Å². The fourth-order valence-corrected chi connectivity index (χ4v) is 1.74. The van der Waals surface area contributed by atoms with E-state index >= 15 is 0 Å². The molecule has 0 amide bonds. The van der Waals surface area contributed by atoms with E-state index in [1.807, 2.05) is 0 Å². The van der Waals surface area contributed by atoms with E-state index in [0.717, 1.165) is 22.6 Å². The van der Waals surface area contributed by atoms with E-state index in [1.165, 1.54) is 0 Å². The molecule has 0 saturated carbocycles. The summed E-state index contributed by atoms with van der Waals surface area (Å²) in [5, 5.41) is 0. The molecule has 0 aromatic rings. The van der Waals surface area contributed by atoms with Crippen molar-refractivity contribution >= 4 is 45.2 Å². The van der Waals surface area contributed by atoms with Crippen LogP contribution in [-0.4, -0.2) is 56.0 Å². The standard InChI is InChI=1S/C6H6F7I.C6H5F7.C3H3F4I.C3H3F3.H2/c1-4(7,6(11,12)13)2-3(14)5(8,9)10;1-4(7,6(11,12)13)2-3-5(8,9)10;1-2(4,8)3(5,6)7;1-2-3(4,5)6;/h3H,2H2,1H3;2-3H,1H3;1H3;2H,1H2;1H/b;3-2+;;;/i;;;;1+1. The molecular weight excluding hydrogens is 869 g/mol. The molecular formula is C18H19F21I2. The highest BCUT2D eigenvalue weighted by atomic mass is 127. The lowest BCUT2D eigenvalue weighted by Crippen LogP contribution is -2.42. The third kappa shape index (κ3) is 24.6. The van der Waals surface area contributed by atoms with Gasteiger partial charge in [-0.1, -0.05) is 29.2 Å². The number of hydrogen-bond donors (Lipinski definition) is 0. The van der Waals surface area contributed by atoms with Crippen molar-refractivity contribution in [3.63, 3.8) is 0 Å². The Morgan fingerprint density at radius 1 is 0.585 bits per heavy atom. The van der Waals surface area contributed by atoms with Crippen LogP contribution in [0.15, 0.2) is 24.8 Å². The van der Waals surface area contributed by atoms with Crippen LogP contribution in [0.25, 0.3) is 0 Å². The SMILES string of the molecule is C=CC(F)(F)F.CC(F)(/C=C/C(F)(F)F)C(F)(F)F.CC(F)(CC(I)C(F)(F)F)C(F)(F)F.CC(F)(I)C(F)(F)F.[2HH]. The molecule has 0 N–H and O–H groups in total. The molecule has 23 heteroatoms. The highest BCUT2D eigenvalue weighted by molar-refractivity contribution is 14.1. The van der Waals surface area contributed by atoms with E-state index in [4.69, 9.17) is 0 Å². The molecule has 0 heterocycles. The lowest BCUT2D eigenvalue weighted by molar-refractivity contribution is -0.232. The van der Waals surface area contributed by atoms with Gasteiger partial charge < -0.3 is 0 Å². The molecule has 0 saturated heterocycles. The second-order valence-corrected chi connectivity index (χ2v) is 11.0. The third-order valence-electron chi connectivity index (χ3n) is 3.38. The molecule has 0 spiro atoms. The van der Waals surface area contributed by atoms with Crippen molar-refractivity contribution in [2.24, 2.45) is 0 Å². The number of hydrogen-bond acceptors (Lipinski definition) is 0. The maximum atomic E-state index is 12.7. The molecule has 0 aromatic heterocycles. The van der Waals surface area contributed by atoms with Gasteiger partial charge in [-0.25, -0.2) is 13.2 Å². The highest BCUT2D eigenvalue weighted by Gasteiger charge is 2.56. The van der Waals surface area contributed by atoms with Crippen LogP contribution in [0, 0.1) is 0 Å². The Hall–Kier alpha value is -0.530. The van der Waals surface area contributed by atoms with E-state index in [2.05, 4.69) is 6.58 Å². The molecule has 0 aromatic carbocycles. The minimum absolute atomic E-state index is 0. The Labute approximate surface area is 246 Å². The van der Waals surface area contributed by atoms with Crippen molar-refractivity contribution in [2.75, 3.05) is 0 Å². The summed E-state index contributed by atoms with van der Waals surface area (Å²) in [7, 11) is 0. The summed E-state index contributed by atoms with van der Waals surface area (Å²) in [6.07, 6.45) is -32.3. The molecule has 0 rings (SSSR count). The molecule has 0 bridgehead atoms. The van der Waals surface area contributed by atoms with Crippen molar-refractivity contribution in [3.05, 3.63) is 24.8 Å². The van der Waals surface area contributed by atoms with Crippen LogP contribution in [0.4, 0.5) is 92.2 Å². The first kappa shape index (κ1) is 47.4. The van der Waals surface area contributed by atoms with Gasteiger partial charge in [0.05, 0.1) is 0 Å². The summed E-state index contributed by atoms with van der Waals surface area (Å²) in [5.41, 5.74) is -7.77. The maximum Gasteiger partial charge on any atom is 0.431 e. The van der Waals surface area contributed by atoms with Crippen molar-refractivity contribution in [3.8, 4) is 0 Å². The first-order valence-corrected chi connectivity index (χ1v) is 11.6. The predicted octanol–water partition coefficient (Wildman–Crippen LogP) is 12.1. The van der Waals surface area contributed by atoms with Crippen molar-refractivity contribution in [2.45, 2.75) is 83.2 Å². The Morgan fingerprint density at radius 2 is 0.878 bits per heavy atom. The second-order valence-electron chi connectivity index (χ2n) is 7.49. The summed E-state index contributed by atoms with van der Waals surface area (Å²) in [5.74, 6) is 0. The molecule has 4 unspecified atom stereocenters. The maximum absolute atomic E-state index is 12.7. The Morgan fingerprint density at radius 3 is 1.02 bits per heavy atom. The number of allylic oxidation sites excluding steroid dienone is 3. The average molecular weight is 889 g/mol. The van der Waals surface area contributed by atoms with E-state index in [9.17, 15) is 92.2 Å². The first-order chi connectivity index (χ1) is 17.1. The predicted molar refractivity (Wildman–Crippen MR) is 123 cm³/mol. The lowest BCUT2D eigenvalue weighted by Gasteiger charge is -2.26. The molecule has 0 radical (unpaired) electrons. The number of alkyl halides is 23. The molecule has 0 aliphatic heterocycles.